The van der Waals surface area contributed by atoms with E-state index in [9.17, 15) is 0 Å². The lowest BCUT2D eigenvalue weighted by Crippen LogP contribution is -2.43. The topological polar surface area (TPSA) is 42.2 Å². The molecular formula is C14H23N3. The van der Waals surface area contributed by atoms with Crippen molar-refractivity contribution < 1.29 is 0 Å². The van der Waals surface area contributed by atoms with E-state index in [0.717, 1.165) is 19.4 Å². The first kappa shape index (κ1) is 12.5. The van der Waals surface area contributed by atoms with Gasteiger partial charge in [-0.15, -0.1) is 0 Å². The summed E-state index contributed by atoms with van der Waals surface area (Å²) in [5, 5.41) is 0. The Kier molecular flexibility index (Phi) is 3.79. The Labute approximate surface area is 104 Å². The van der Waals surface area contributed by atoms with Crippen molar-refractivity contribution in [2.24, 2.45) is 5.73 Å². The van der Waals surface area contributed by atoms with Crippen molar-refractivity contribution in [2.75, 3.05) is 20.6 Å². The Balaban J connectivity index is 2.24. The normalized spacial score (nSPS) is 29.5. The van der Waals surface area contributed by atoms with E-state index in [0.29, 0.717) is 6.04 Å². The van der Waals surface area contributed by atoms with E-state index in [1.165, 1.54) is 18.4 Å². The van der Waals surface area contributed by atoms with Gasteiger partial charge in [0.05, 0.1) is 0 Å². The van der Waals surface area contributed by atoms with Crippen LogP contribution >= 0.6 is 0 Å². The molecule has 1 heterocycles. The molecule has 0 aliphatic heterocycles. The van der Waals surface area contributed by atoms with Crippen LogP contribution in [0.2, 0.25) is 0 Å². The largest absolute Gasteiger partial charge is 0.328 e. The van der Waals surface area contributed by atoms with E-state index in [1.807, 2.05) is 12.4 Å². The lowest BCUT2D eigenvalue weighted by Gasteiger charge is -2.41. The van der Waals surface area contributed by atoms with Crippen LogP contribution in [0.15, 0.2) is 24.5 Å². The summed E-state index contributed by atoms with van der Waals surface area (Å²) in [7, 11) is 4.30. The summed E-state index contributed by atoms with van der Waals surface area (Å²) in [4.78, 5) is 6.42. The zero-order valence-electron chi connectivity index (χ0n) is 10.9. The van der Waals surface area contributed by atoms with Crippen LogP contribution in [-0.2, 0) is 5.41 Å². The molecule has 1 aliphatic rings. The molecule has 3 nitrogen and oxygen atoms in total. The fourth-order valence-corrected chi connectivity index (χ4v) is 3.04. The molecule has 0 spiro atoms. The monoisotopic (exact) mass is 233 g/mol. The Morgan fingerprint density at radius 2 is 1.88 bits per heavy atom. The summed E-state index contributed by atoms with van der Waals surface area (Å²) in [6, 6.07) is 4.73. The standard InChI is InChI=1S/C14H23N3/c1-17(2)11-14(7-3-13(15)4-8-14)12-5-9-16-10-6-12/h5-6,9-10,13H,3-4,7-8,11,15H2,1-2H3. The van der Waals surface area contributed by atoms with Gasteiger partial charge in [0, 0.05) is 30.4 Å². The van der Waals surface area contributed by atoms with Crippen LogP contribution in [0.1, 0.15) is 31.2 Å². The van der Waals surface area contributed by atoms with Crippen LogP contribution in [0.25, 0.3) is 0 Å². The van der Waals surface area contributed by atoms with E-state index in [2.05, 4.69) is 36.1 Å². The summed E-state index contributed by atoms with van der Waals surface area (Å²) >= 11 is 0. The second-order valence-corrected chi connectivity index (χ2v) is 5.59. The van der Waals surface area contributed by atoms with Crippen molar-refractivity contribution in [3.8, 4) is 0 Å². The highest BCUT2D eigenvalue weighted by molar-refractivity contribution is 5.24. The molecule has 17 heavy (non-hydrogen) atoms. The molecule has 2 N–H and O–H groups in total. The van der Waals surface area contributed by atoms with E-state index in [4.69, 9.17) is 5.73 Å². The minimum atomic E-state index is 0.280. The molecule has 94 valence electrons. The van der Waals surface area contributed by atoms with Crippen molar-refractivity contribution in [3.63, 3.8) is 0 Å². The van der Waals surface area contributed by atoms with Crippen molar-refractivity contribution in [2.45, 2.75) is 37.1 Å². The minimum absolute atomic E-state index is 0.280. The number of aromatic nitrogens is 1. The molecule has 1 aromatic rings. The predicted molar refractivity (Wildman–Crippen MR) is 70.9 cm³/mol. The number of hydrogen-bond donors (Lipinski definition) is 1. The molecule has 1 aliphatic carbocycles. The van der Waals surface area contributed by atoms with E-state index in [-0.39, 0.29) is 5.41 Å². The average molecular weight is 233 g/mol. The number of nitrogens with zero attached hydrogens (tertiary/aromatic N) is 2. The molecule has 0 amide bonds. The Bertz CT molecular complexity index is 340. The highest BCUT2D eigenvalue weighted by Crippen LogP contribution is 2.39. The average Bonchev–Trinajstić information content (AvgIpc) is 2.33. The second kappa shape index (κ2) is 5.15. The lowest BCUT2D eigenvalue weighted by molar-refractivity contribution is 0.204. The minimum Gasteiger partial charge on any atom is -0.328 e. The summed E-state index contributed by atoms with van der Waals surface area (Å²) in [6.45, 7) is 1.10. The van der Waals surface area contributed by atoms with Crippen molar-refractivity contribution in [3.05, 3.63) is 30.1 Å². The van der Waals surface area contributed by atoms with E-state index in [1.54, 1.807) is 0 Å². The van der Waals surface area contributed by atoms with Gasteiger partial charge < -0.3 is 10.6 Å². The first-order valence-corrected chi connectivity index (χ1v) is 6.43. The third-order valence-corrected chi connectivity index (χ3v) is 3.90. The quantitative estimate of drug-likeness (QED) is 0.865. The number of nitrogens with two attached hydrogens (primary N) is 1. The molecule has 0 atom stereocenters. The van der Waals surface area contributed by atoms with Crippen LogP contribution in [0.4, 0.5) is 0 Å². The summed E-state index contributed by atoms with van der Waals surface area (Å²) < 4.78 is 0. The predicted octanol–water partition coefficient (Wildman–Crippen LogP) is 1.78. The molecule has 1 aromatic heterocycles. The molecule has 0 saturated heterocycles. The molecule has 0 bridgehead atoms. The van der Waals surface area contributed by atoms with Crippen molar-refractivity contribution in [1.82, 2.24) is 9.88 Å². The Morgan fingerprint density at radius 1 is 1.29 bits per heavy atom. The Hall–Kier alpha value is -0.930. The van der Waals surface area contributed by atoms with Gasteiger partial charge >= 0.3 is 0 Å². The van der Waals surface area contributed by atoms with Crippen molar-refractivity contribution in [1.29, 1.82) is 0 Å². The lowest BCUT2D eigenvalue weighted by atomic mass is 9.68. The molecule has 0 radical (unpaired) electrons. The third kappa shape index (κ3) is 2.85. The zero-order valence-corrected chi connectivity index (χ0v) is 10.9. The molecule has 2 rings (SSSR count). The van der Waals surface area contributed by atoms with E-state index < -0.39 is 0 Å². The first-order valence-electron chi connectivity index (χ1n) is 6.43. The number of likely N-dealkylation sites (N-methyl/N-ethyl adjacent to an activating group) is 1. The van der Waals surface area contributed by atoms with Gasteiger partial charge in [-0.3, -0.25) is 4.98 Å². The Morgan fingerprint density at radius 3 is 2.41 bits per heavy atom. The van der Waals surface area contributed by atoms with Gasteiger partial charge in [0.15, 0.2) is 0 Å². The van der Waals surface area contributed by atoms with Crippen LogP contribution in [0.5, 0.6) is 0 Å². The maximum atomic E-state index is 6.04. The van der Waals surface area contributed by atoms with Crippen LogP contribution in [0, 0.1) is 0 Å². The van der Waals surface area contributed by atoms with Gasteiger partial charge in [-0.25, -0.2) is 0 Å². The highest BCUT2D eigenvalue weighted by Gasteiger charge is 2.36. The fraction of sp³-hybridized carbons (Fsp3) is 0.643. The molecular weight excluding hydrogens is 210 g/mol. The summed E-state index contributed by atoms with van der Waals surface area (Å²) in [5.41, 5.74) is 7.74. The van der Waals surface area contributed by atoms with E-state index >= 15 is 0 Å². The fourth-order valence-electron chi connectivity index (χ4n) is 3.04. The van der Waals surface area contributed by atoms with Gasteiger partial charge in [-0.05, 0) is 57.5 Å². The highest BCUT2D eigenvalue weighted by atomic mass is 15.1. The van der Waals surface area contributed by atoms with Gasteiger partial charge in [0.2, 0.25) is 0 Å². The first-order chi connectivity index (χ1) is 8.12. The smallest absolute Gasteiger partial charge is 0.0270 e. The van der Waals surface area contributed by atoms with Gasteiger partial charge in [-0.1, -0.05) is 0 Å². The van der Waals surface area contributed by atoms with Gasteiger partial charge in [0.1, 0.15) is 0 Å². The second-order valence-electron chi connectivity index (χ2n) is 5.59. The molecule has 1 fully saturated rings. The number of hydrogen-bond acceptors (Lipinski definition) is 3. The molecule has 0 unspecified atom stereocenters. The van der Waals surface area contributed by atoms with Gasteiger partial charge in [0.25, 0.3) is 0 Å². The van der Waals surface area contributed by atoms with Crippen LogP contribution < -0.4 is 5.73 Å². The molecule has 1 saturated carbocycles. The number of rotatable bonds is 3. The third-order valence-electron chi connectivity index (χ3n) is 3.90. The summed E-state index contributed by atoms with van der Waals surface area (Å²) in [5.74, 6) is 0. The SMILES string of the molecule is CN(C)CC1(c2ccncc2)CCC(N)CC1. The maximum absolute atomic E-state index is 6.04. The molecule has 3 heteroatoms. The van der Waals surface area contributed by atoms with Gasteiger partial charge in [-0.2, -0.15) is 0 Å². The summed E-state index contributed by atoms with van der Waals surface area (Å²) in [6.07, 6.45) is 8.46. The number of pyridine rings is 1. The van der Waals surface area contributed by atoms with Crippen LogP contribution in [-0.4, -0.2) is 36.6 Å². The maximum Gasteiger partial charge on any atom is 0.0270 e. The van der Waals surface area contributed by atoms with Crippen LogP contribution in [0.3, 0.4) is 0 Å². The van der Waals surface area contributed by atoms with Crippen molar-refractivity contribution >= 4 is 0 Å². The zero-order chi connectivity index (χ0) is 12.3. The molecule has 0 aromatic carbocycles.